The highest BCUT2D eigenvalue weighted by Crippen LogP contribution is 2.41. The molecular formula is C45H64N4O2. The highest BCUT2D eigenvalue weighted by Gasteiger charge is 2.37. The lowest BCUT2D eigenvalue weighted by Gasteiger charge is -2.29. The Bertz CT molecular complexity index is 1810. The molecule has 0 radical (unpaired) electrons. The Labute approximate surface area is 307 Å². The van der Waals surface area contributed by atoms with E-state index in [0.717, 1.165) is 76.9 Å². The molecular weight excluding hydrogens is 629 g/mol. The van der Waals surface area contributed by atoms with E-state index in [9.17, 15) is 4.79 Å². The Morgan fingerprint density at radius 2 is 1.37 bits per heavy atom. The maximum atomic E-state index is 13.5. The summed E-state index contributed by atoms with van der Waals surface area (Å²) in [7, 11) is 0. The molecule has 0 saturated carbocycles. The average molecular weight is 693 g/mol. The Kier molecular flexibility index (Phi) is 13.4. The van der Waals surface area contributed by atoms with Gasteiger partial charge in [0.25, 0.3) is 0 Å². The minimum atomic E-state index is -0.309. The summed E-state index contributed by atoms with van der Waals surface area (Å²) in [6.45, 7) is 17.9. The predicted molar refractivity (Wildman–Crippen MR) is 215 cm³/mol. The molecule has 0 fully saturated rings. The number of fused-ring (bicyclic) bond motifs is 6. The first kappa shape index (κ1) is 38.6. The minimum absolute atomic E-state index is 0.0406. The molecule has 2 N–H and O–H groups in total. The lowest BCUT2D eigenvalue weighted by atomic mass is 9.78. The summed E-state index contributed by atoms with van der Waals surface area (Å²) in [6, 6.07) is 0.122. The standard InChI is InChI=1S/C45H64N4O2/c1-9-13-16-19-22-34-30(5)36-27-41-43(44(50)51-12-4)32(7)37(49-41)26-40-35(23-20-17-14-10-2)31(6)38(48-40)28-42-45(8,24-21-18-15-11-3)29-33(46-42)25-39(34)47-36/h25-29,42,46,49H,9-24H2,1-8H3/b37-26-,38-28-,39-25-,41-27-. The number of rotatable bonds is 17. The molecule has 276 valence electrons. The number of hydrogen-bond donors (Lipinski definition) is 2. The van der Waals surface area contributed by atoms with Crippen LogP contribution in [0, 0.1) is 12.3 Å². The Morgan fingerprint density at radius 1 is 0.745 bits per heavy atom. The topological polar surface area (TPSA) is 78.8 Å². The molecule has 0 aliphatic carbocycles. The van der Waals surface area contributed by atoms with Crippen molar-refractivity contribution < 1.29 is 9.53 Å². The SMILES string of the molecule is CCCCCCC1=C(C)/C2=C/C3NC(=CC3(C)CCCCCC)/C=C3N=C(/C=c4\[nH]/c(c(C)c4C(=O)OCC)=C\C1=N2)C(C)=C\3CCCCCC. The molecule has 5 rings (SSSR count). The molecule has 0 saturated heterocycles. The van der Waals surface area contributed by atoms with Crippen LogP contribution in [0.25, 0.3) is 12.2 Å². The summed E-state index contributed by atoms with van der Waals surface area (Å²) in [6.07, 6.45) is 29.1. The second-order valence-corrected chi connectivity index (χ2v) is 15.4. The summed E-state index contributed by atoms with van der Waals surface area (Å²) in [5.74, 6) is -0.309. The fraction of sp³-hybridized carbons (Fsp3) is 0.578. The van der Waals surface area contributed by atoms with Crippen molar-refractivity contribution in [3.05, 3.63) is 79.4 Å². The molecule has 4 aliphatic rings. The van der Waals surface area contributed by atoms with Gasteiger partial charge in [-0.25, -0.2) is 14.8 Å². The molecule has 2 unspecified atom stereocenters. The van der Waals surface area contributed by atoms with Crippen LogP contribution in [-0.4, -0.2) is 35.0 Å². The molecule has 4 aliphatic heterocycles. The largest absolute Gasteiger partial charge is 0.462 e. The molecule has 2 atom stereocenters. The van der Waals surface area contributed by atoms with E-state index in [2.05, 4.69) is 82.2 Å². The highest BCUT2D eigenvalue weighted by molar-refractivity contribution is 6.24. The van der Waals surface area contributed by atoms with Crippen molar-refractivity contribution in [2.24, 2.45) is 15.4 Å². The van der Waals surface area contributed by atoms with Crippen molar-refractivity contribution in [3.63, 3.8) is 0 Å². The molecule has 0 spiro atoms. The van der Waals surface area contributed by atoms with E-state index >= 15 is 0 Å². The quantitative estimate of drug-likeness (QED) is 0.126. The van der Waals surface area contributed by atoms with E-state index in [1.807, 2.05) is 13.8 Å². The predicted octanol–water partition coefficient (Wildman–Crippen LogP) is 10.2. The molecule has 0 aromatic carbocycles. The van der Waals surface area contributed by atoms with Crippen molar-refractivity contribution in [1.29, 1.82) is 0 Å². The zero-order valence-electron chi connectivity index (χ0n) is 33.0. The molecule has 8 bridgehead atoms. The van der Waals surface area contributed by atoms with Gasteiger partial charge in [-0.05, 0) is 112 Å². The second-order valence-electron chi connectivity index (χ2n) is 15.4. The number of nitrogens with one attached hydrogen (secondary N) is 2. The highest BCUT2D eigenvalue weighted by atomic mass is 16.5. The van der Waals surface area contributed by atoms with Gasteiger partial charge in [-0.2, -0.15) is 0 Å². The van der Waals surface area contributed by atoms with Crippen LogP contribution in [0.4, 0.5) is 0 Å². The van der Waals surface area contributed by atoms with Gasteiger partial charge in [-0.15, -0.1) is 0 Å². The number of aliphatic imine (C=N–C) groups is 2. The van der Waals surface area contributed by atoms with Crippen LogP contribution in [0.2, 0.25) is 0 Å². The van der Waals surface area contributed by atoms with E-state index in [0.29, 0.717) is 12.2 Å². The number of allylic oxidation sites excluding steroid dienone is 5. The number of H-pyrrole nitrogens is 1. The van der Waals surface area contributed by atoms with Crippen molar-refractivity contribution >= 4 is 29.5 Å². The van der Waals surface area contributed by atoms with Crippen LogP contribution in [-0.2, 0) is 4.74 Å². The number of carbonyl (C=O) groups excluding carboxylic acids is 1. The molecule has 5 heterocycles. The van der Waals surface area contributed by atoms with Gasteiger partial charge in [-0.1, -0.05) is 98.0 Å². The van der Waals surface area contributed by atoms with Crippen LogP contribution in [0.1, 0.15) is 161 Å². The fourth-order valence-corrected chi connectivity index (χ4v) is 8.13. The Balaban J connectivity index is 1.72. The number of aromatic nitrogens is 1. The van der Waals surface area contributed by atoms with E-state index in [4.69, 9.17) is 14.7 Å². The van der Waals surface area contributed by atoms with Crippen LogP contribution >= 0.6 is 0 Å². The summed E-state index contributed by atoms with van der Waals surface area (Å²) >= 11 is 0. The molecule has 6 nitrogen and oxygen atoms in total. The third kappa shape index (κ3) is 8.87. The van der Waals surface area contributed by atoms with Gasteiger partial charge in [-0.3, -0.25) is 0 Å². The molecule has 51 heavy (non-hydrogen) atoms. The van der Waals surface area contributed by atoms with Crippen LogP contribution in [0.3, 0.4) is 0 Å². The third-order valence-electron chi connectivity index (χ3n) is 11.4. The maximum Gasteiger partial charge on any atom is 0.340 e. The summed E-state index contributed by atoms with van der Waals surface area (Å²) in [5.41, 5.74) is 11.6. The lowest BCUT2D eigenvalue weighted by molar-refractivity contribution is 0.0524. The van der Waals surface area contributed by atoms with E-state index < -0.39 is 0 Å². The van der Waals surface area contributed by atoms with Crippen LogP contribution < -0.4 is 16.0 Å². The first-order valence-electron chi connectivity index (χ1n) is 20.2. The number of esters is 1. The lowest BCUT2D eigenvalue weighted by Crippen LogP contribution is -2.34. The van der Waals surface area contributed by atoms with E-state index in [-0.39, 0.29) is 17.4 Å². The number of nitrogens with zero attached hydrogens (tertiary/aromatic N) is 2. The minimum Gasteiger partial charge on any atom is -0.462 e. The second kappa shape index (κ2) is 17.7. The van der Waals surface area contributed by atoms with Gasteiger partial charge in [0.1, 0.15) is 0 Å². The summed E-state index contributed by atoms with van der Waals surface area (Å²) < 4.78 is 5.61. The van der Waals surface area contributed by atoms with Gasteiger partial charge >= 0.3 is 5.97 Å². The van der Waals surface area contributed by atoms with Crippen molar-refractivity contribution in [1.82, 2.24) is 10.3 Å². The molecule has 1 aromatic heterocycles. The fourth-order valence-electron chi connectivity index (χ4n) is 8.13. The Hall–Kier alpha value is -3.67. The Morgan fingerprint density at radius 3 is 2.04 bits per heavy atom. The van der Waals surface area contributed by atoms with Gasteiger partial charge < -0.3 is 15.0 Å². The number of ether oxygens (including phenoxy) is 1. The number of hydrogen-bond acceptors (Lipinski definition) is 5. The van der Waals surface area contributed by atoms with Gasteiger partial charge in [0.05, 0.1) is 46.4 Å². The monoisotopic (exact) mass is 693 g/mol. The zero-order valence-corrected chi connectivity index (χ0v) is 33.0. The van der Waals surface area contributed by atoms with E-state index in [1.54, 1.807) is 0 Å². The average Bonchev–Trinajstić information content (AvgIpc) is 3.77. The first-order valence-corrected chi connectivity index (χ1v) is 20.2. The number of unbranched alkanes of at least 4 members (excludes halogenated alkanes) is 9. The van der Waals surface area contributed by atoms with Crippen molar-refractivity contribution in [3.8, 4) is 0 Å². The van der Waals surface area contributed by atoms with Gasteiger partial charge in [0.2, 0.25) is 0 Å². The van der Waals surface area contributed by atoms with Crippen molar-refractivity contribution in [2.75, 3.05) is 6.61 Å². The van der Waals surface area contributed by atoms with Crippen LogP contribution in [0.5, 0.6) is 0 Å². The molecule has 6 heteroatoms. The van der Waals surface area contributed by atoms with Crippen molar-refractivity contribution in [2.45, 2.75) is 158 Å². The summed E-state index contributed by atoms with van der Waals surface area (Å²) in [4.78, 5) is 27.8. The van der Waals surface area contributed by atoms with Crippen LogP contribution in [0.15, 0.2) is 67.6 Å². The molecule has 1 aromatic rings. The number of carbonyl (C=O) groups is 1. The maximum absolute atomic E-state index is 13.5. The first-order chi connectivity index (χ1) is 24.6. The van der Waals surface area contributed by atoms with E-state index in [1.165, 1.54) is 86.5 Å². The normalized spacial score (nSPS) is 24.5. The molecule has 0 amide bonds. The number of aromatic amines is 1. The smallest absolute Gasteiger partial charge is 0.340 e. The third-order valence-corrected chi connectivity index (χ3v) is 11.4. The summed E-state index contributed by atoms with van der Waals surface area (Å²) in [5, 5.41) is 5.60. The van der Waals surface area contributed by atoms with Gasteiger partial charge in [0.15, 0.2) is 0 Å². The zero-order chi connectivity index (χ0) is 36.5. The van der Waals surface area contributed by atoms with Gasteiger partial charge in [0, 0.05) is 16.5 Å².